The summed E-state index contributed by atoms with van der Waals surface area (Å²) < 4.78 is 41.6. The summed E-state index contributed by atoms with van der Waals surface area (Å²) in [7, 11) is 0. The Hall–Kier alpha value is -1.33. The zero-order valence-electron chi connectivity index (χ0n) is 10.1. The molecule has 0 saturated carbocycles. The maximum Gasteiger partial charge on any atom is 0.132 e. The molecule has 0 radical (unpaired) electrons. The molecule has 2 aromatic rings. The van der Waals surface area contributed by atoms with E-state index in [1.165, 1.54) is 12.1 Å². The maximum atomic E-state index is 13.8. The SMILES string of the molecule is Cc1ccc(F)c(C(N)c2c(F)cc(Br)cc2F)c1. The van der Waals surface area contributed by atoms with Crippen molar-refractivity contribution in [1.82, 2.24) is 0 Å². The first-order chi connectivity index (χ1) is 8.90. The second-order valence-corrected chi connectivity index (χ2v) is 5.20. The molecule has 0 aliphatic carbocycles. The third-order valence-electron chi connectivity index (χ3n) is 2.84. The Kier molecular flexibility index (Phi) is 3.96. The molecule has 0 spiro atoms. The molecule has 1 unspecified atom stereocenters. The molecule has 2 aromatic carbocycles. The third-order valence-corrected chi connectivity index (χ3v) is 3.30. The van der Waals surface area contributed by atoms with E-state index in [-0.39, 0.29) is 15.6 Å². The van der Waals surface area contributed by atoms with Crippen LogP contribution < -0.4 is 5.73 Å². The van der Waals surface area contributed by atoms with Crippen molar-refractivity contribution in [1.29, 1.82) is 0 Å². The van der Waals surface area contributed by atoms with Crippen molar-refractivity contribution in [3.63, 3.8) is 0 Å². The van der Waals surface area contributed by atoms with Gasteiger partial charge in [0.05, 0.1) is 6.04 Å². The van der Waals surface area contributed by atoms with Crippen LogP contribution in [0.15, 0.2) is 34.8 Å². The van der Waals surface area contributed by atoms with E-state index in [9.17, 15) is 13.2 Å². The van der Waals surface area contributed by atoms with Gasteiger partial charge in [0.2, 0.25) is 0 Å². The Bertz CT molecular complexity index is 605. The van der Waals surface area contributed by atoms with Crippen LogP contribution >= 0.6 is 15.9 Å². The number of halogens is 4. The van der Waals surface area contributed by atoms with Crippen LogP contribution in [0.25, 0.3) is 0 Å². The van der Waals surface area contributed by atoms with Crippen molar-refractivity contribution < 1.29 is 13.2 Å². The van der Waals surface area contributed by atoms with E-state index in [0.717, 1.165) is 17.7 Å². The summed E-state index contributed by atoms with van der Waals surface area (Å²) in [5.74, 6) is -2.19. The molecule has 0 saturated heterocycles. The number of aryl methyl sites for hydroxylation is 1. The van der Waals surface area contributed by atoms with Gasteiger partial charge in [0.15, 0.2) is 0 Å². The first kappa shape index (κ1) is 14.1. The molecule has 0 fully saturated rings. The van der Waals surface area contributed by atoms with Crippen LogP contribution in [0.5, 0.6) is 0 Å². The van der Waals surface area contributed by atoms with Gasteiger partial charge in [0.25, 0.3) is 0 Å². The van der Waals surface area contributed by atoms with Crippen LogP contribution in [0.4, 0.5) is 13.2 Å². The van der Waals surface area contributed by atoms with Crippen molar-refractivity contribution in [2.75, 3.05) is 0 Å². The molecule has 0 amide bonds. The Balaban J connectivity index is 2.56. The standard InChI is InChI=1S/C14H11BrF3N/c1-7-2-3-10(16)9(4-7)14(19)13-11(17)5-8(15)6-12(13)18/h2-6,14H,19H2,1H3. The highest BCUT2D eigenvalue weighted by Gasteiger charge is 2.21. The van der Waals surface area contributed by atoms with Crippen molar-refractivity contribution >= 4 is 15.9 Å². The van der Waals surface area contributed by atoms with Crippen LogP contribution in [-0.4, -0.2) is 0 Å². The lowest BCUT2D eigenvalue weighted by atomic mass is 9.97. The minimum Gasteiger partial charge on any atom is -0.320 e. The van der Waals surface area contributed by atoms with Gasteiger partial charge >= 0.3 is 0 Å². The summed E-state index contributed by atoms with van der Waals surface area (Å²) in [6.07, 6.45) is 0. The van der Waals surface area contributed by atoms with Crippen LogP contribution in [-0.2, 0) is 0 Å². The van der Waals surface area contributed by atoms with Crippen molar-refractivity contribution in [3.05, 3.63) is 68.9 Å². The Morgan fingerprint density at radius 1 is 1.00 bits per heavy atom. The molecule has 1 atom stereocenters. The summed E-state index contributed by atoms with van der Waals surface area (Å²) in [6, 6.07) is 5.31. The Labute approximate surface area is 117 Å². The lowest BCUT2D eigenvalue weighted by Crippen LogP contribution is -2.17. The second kappa shape index (κ2) is 5.35. The Morgan fingerprint density at radius 2 is 1.58 bits per heavy atom. The van der Waals surface area contributed by atoms with Gasteiger partial charge in [-0.15, -0.1) is 0 Å². The van der Waals surface area contributed by atoms with Gasteiger partial charge in [-0.1, -0.05) is 33.6 Å². The zero-order chi connectivity index (χ0) is 14.2. The highest BCUT2D eigenvalue weighted by Crippen LogP contribution is 2.29. The minimum absolute atomic E-state index is 0.0696. The van der Waals surface area contributed by atoms with E-state index in [4.69, 9.17) is 5.73 Å². The molecule has 100 valence electrons. The van der Waals surface area contributed by atoms with Crippen molar-refractivity contribution in [2.45, 2.75) is 13.0 Å². The van der Waals surface area contributed by atoms with Gasteiger partial charge in [-0.3, -0.25) is 0 Å². The molecular formula is C14H11BrF3N. The van der Waals surface area contributed by atoms with Crippen LogP contribution in [0.2, 0.25) is 0 Å². The monoisotopic (exact) mass is 329 g/mol. The molecule has 0 aromatic heterocycles. The topological polar surface area (TPSA) is 26.0 Å². The van der Waals surface area contributed by atoms with Gasteiger partial charge in [0.1, 0.15) is 17.5 Å². The summed E-state index contributed by atoms with van der Waals surface area (Å²) in [5, 5.41) is 0. The fourth-order valence-corrected chi connectivity index (χ4v) is 2.31. The van der Waals surface area contributed by atoms with Crippen molar-refractivity contribution in [3.8, 4) is 0 Å². The normalized spacial score (nSPS) is 12.5. The average molecular weight is 330 g/mol. The van der Waals surface area contributed by atoms with Crippen LogP contribution in [0, 0.1) is 24.4 Å². The number of nitrogens with two attached hydrogens (primary N) is 1. The van der Waals surface area contributed by atoms with E-state index in [0.29, 0.717) is 0 Å². The summed E-state index contributed by atoms with van der Waals surface area (Å²) in [4.78, 5) is 0. The van der Waals surface area contributed by atoms with Crippen LogP contribution in [0.1, 0.15) is 22.7 Å². The second-order valence-electron chi connectivity index (χ2n) is 4.29. The average Bonchev–Trinajstić information content (AvgIpc) is 2.30. The summed E-state index contributed by atoms with van der Waals surface area (Å²) >= 11 is 2.98. The van der Waals surface area contributed by atoms with E-state index in [1.54, 1.807) is 13.0 Å². The summed E-state index contributed by atoms with van der Waals surface area (Å²) in [6.45, 7) is 1.75. The van der Waals surface area contributed by atoms with E-state index < -0.39 is 23.5 Å². The van der Waals surface area contributed by atoms with E-state index >= 15 is 0 Å². The zero-order valence-corrected chi connectivity index (χ0v) is 11.6. The van der Waals surface area contributed by atoms with Gasteiger partial charge in [-0.2, -0.15) is 0 Å². The molecule has 2 N–H and O–H groups in total. The minimum atomic E-state index is -1.19. The molecule has 19 heavy (non-hydrogen) atoms. The smallest absolute Gasteiger partial charge is 0.132 e. The number of rotatable bonds is 2. The quantitative estimate of drug-likeness (QED) is 0.876. The molecular weight excluding hydrogens is 319 g/mol. The molecule has 0 aliphatic heterocycles. The highest BCUT2D eigenvalue weighted by atomic mass is 79.9. The largest absolute Gasteiger partial charge is 0.320 e. The molecule has 0 heterocycles. The van der Waals surface area contributed by atoms with Gasteiger partial charge < -0.3 is 5.73 Å². The van der Waals surface area contributed by atoms with Gasteiger partial charge in [0, 0.05) is 15.6 Å². The first-order valence-corrected chi connectivity index (χ1v) is 6.35. The molecule has 2 rings (SSSR count). The summed E-state index contributed by atoms with van der Waals surface area (Å²) in [5.41, 5.74) is 6.30. The van der Waals surface area contributed by atoms with E-state index in [2.05, 4.69) is 15.9 Å². The lowest BCUT2D eigenvalue weighted by Gasteiger charge is -2.16. The fourth-order valence-electron chi connectivity index (χ4n) is 1.91. The van der Waals surface area contributed by atoms with Gasteiger partial charge in [-0.25, -0.2) is 13.2 Å². The number of hydrogen-bond acceptors (Lipinski definition) is 1. The van der Waals surface area contributed by atoms with Crippen molar-refractivity contribution in [2.24, 2.45) is 5.73 Å². The van der Waals surface area contributed by atoms with E-state index in [1.807, 2.05) is 0 Å². The Morgan fingerprint density at radius 3 is 2.16 bits per heavy atom. The fraction of sp³-hybridized carbons (Fsp3) is 0.143. The van der Waals surface area contributed by atoms with Gasteiger partial charge in [-0.05, 0) is 25.1 Å². The third kappa shape index (κ3) is 2.82. The first-order valence-electron chi connectivity index (χ1n) is 5.56. The molecule has 5 heteroatoms. The molecule has 0 bridgehead atoms. The predicted molar refractivity (Wildman–Crippen MR) is 71.2 cm³/mol. The highest BCUT2D eigenvalue weighted by molar-refractivity contribution is 9.10. The van der Waals surface area contributed by atoms with Crippen LogP contribution in [0.3, 0.4) is 0 Å². The number of hydrogen-bond donors (Lipinski definition) is 1. The maximum absolute atomic E-state index is 13.8. The molecule has 1 nitrogen and oxygen atoms in total. The lowest BCUT2D eigenvalue weighted by molar-refractivity contribution is 0.531. The number of benzene rings is 2. The predicted octanol–water partition coefficient (Wildman–Crippen LogP) is 4.22. The molecule has 0 aliphatic rings.